The molecule has 1 nitrogen and oxygen atoms in total. The van der Waals surface area contributed by atoms with Gasteiger partial charge in [0.25, 0.3) is 0 Å². The van der Waals surface area contributed by atoms with Crippen molar-refractivity contribution in [3.8, 4) is 0 Å². The summed E-state index contributed by atoms with van der Waals surface area (Å²) >= 11 is 0. The Bertz CT molecular complexity index is 663. The molecular weight excluding hydrogens is 253 g/mol. The van der Waals surface area contributed by atoms with Gasteiger partial charge in [-0.25, -0.2) is 13.2 Å². The summed E-state index contributed by atoms with van der Waals surface area (Å²) < 4.78 is 40.7. The molecule has 19 heavy (non-hydrogen) atoms. The van der Waals surface area contributed by atoms with Crippen molar-refractivity contribution in [1.82, 2.24) is 0 Å². The van der Waals surface area contributed by atoms with Crippen LogP contribution in [0, 0.1) is 31.3 Å². The molecule has 0 aliphatic rings. The molecular formula is C15H11F3O. The zero-order valence-corrected chi connectivity index (χ0v) is 10.4. The number of rotatable bonds is 2. The highest BCUT2D eigenvalue weighted by atomic mass is 19.2. The second-order valence-electron chi connectivity index (χ2n) is 4.37. The molecule has 0 N–H and O–H groups in total. The number of carbonyl (C=O) groups excluding carboxylic acids is 1. The molecule has 0 bridgehead atoms. The molecule has 2 rings (SSSR count). The summed E-state index contributed by atoms with van der Waals surface area (Å²) in [6.07, 6.45) is 0. The highest BCUT2D eigenvalue weighted by Crippen LogP contribution is 2.21. The van der Waals surface area contributed by atoms with E-state index in [-0.39, 0.29) is 11.1 Å². The van der Waals surface area contributed by atoms with Gasteiger partial charge < -0.3 is 0 Å². The fraction of sp³-hybridized carbons (Fsp3) is 0.133. The van der Waals surface area contributed by atoms with E-state index in [2.05, 4.69) is 0 Å². The molecule has 0 radical (unpaired) electrons. The number of ketones is 1. The highest BCUT2D eigenvalue weighted by Gasteiger charge is 2.21. The number of aryl methyl sites for hydroxylation is 2. The number of hydrogen-bond donors (Lipinski definition) is 0. The quantitative estimate of drug-likeness (QED) is 0.750. The van der Waals surface area contributed by atoms with Crippen molar-refractivity contribution in [2.75, 3.05) is 0 Å². The fourth-order valence-corrected chi connectivity index (χ4v) is 1.78. The summed E-state index contributed by atoms with van der Waals surface area (Å²) in [7, 11) is 0. The molecule has 0 amide bonds. The lowest BCUT2D eigenvalue weighted by Crippen LogP contribution is -2.09. The van der Waals surface area contributed by atoms with Crippen LogP contribution in [0.2, 0.25) is 0 Å². The lowest BCUT2D eigenvalue weighted by Gasteiger charge is -2.07. The van der Waals surface area contributed by atoms with Crippen molar-refractivity contribution < 1.29 is 18.0 Å². The average Bonchev–Trinajstić information content (AvgIpc) is 2.38. The van der Waals surface area contributed by atoms with Crippen molar-refractivity contribution in [3.63, 3.8) is 0 Å². The van der Waals surface area contributed by atoms with E-state index in [4.69, 9.17) is 0 Å². The number of halogens is 3. The summed E-state index contributed by atoms with van der Waals surface area (Å²) in [4.78, 5) is 12.1. The Kier molecular flexibility index (Phi) is 3.42. The van der Waals surface area contributed by atoms with Crippen LogP contribution in [0.3, 0.4) is 0 Å². The second kappa shape index (κ2) is 4.88. The van der Waals surface area contributed by atoms with Crippen LogP contribution in [0.15, 0.2) is 30.3 Å². The average molecular weight is 264 g/mol. The molecule has 0 aliphatic carbocycles. The molecule has 2 aromatic carbocycles. The van der Waals surface area contributed by atoms with Gasteiger partial charge in [-0.15, -0.1) is 0 Å². The molecule has 4 heteroatoms. The van der Waals surface area contributed by atoms with Gasteiger partial charge >= 0.3 is 0 Å². The van der Waals surface area contributed by atoms with Crippen molar-refractivity contribution in [3.05, 3.63) is 70.0 Å². The summed E-state index contributed by atoms with van der Waals surface area (Å²) in [6.45, 7) is 3.07. The standard InChI is InChI=1S/C15H11F3O/c1-8-3-6-12(16)11(7-8)15(19)10-5-4-9(2)13(17)14(10)18/h3-7H,1-2H3. The molecule has 0 atom stereocenters. The zero-order chi connectivity index (χ0) is 14.2. The fourth-order valence-electron chi connectivity index (χ4n) is 1.78. The van der Waals surface area contributed by atoms with E-state index in [0.29, 0.717) is 5.56 Å². The number of benzene rings is 2. The molecule has 0 spiro atoms. The third-order valence-electron chi connectivity index (χ3n) is 2.89. The van der Waals surface area contributed by atoms with Gasteiger partial charge in [0, 0.05) is 0 Å². The van der Waals surface area contributed by atoms with Gasteiger partial charge in [-0.3, -0.25) is 4.79 Å². The maximum Gasteiger partial charge on any atom is 0.199 e. The molecule has 0 fully saturated rings. The van der Waals surface area contributed by atoms with Gasteiger partial charge in [-0.05, 0) is 37.6 Å². The molecule has 0 heterocycles. The largest absolute Gasteiger partial charge is 0.288 e. The van der Waals surface area contributed by atoms with Crippen LogP contribution in [0.5, 0.6) is 0 Å². The maximum absolute atomic E-state index is 13.7. The zero-order valence-electron chi connectivity index (χ0n) is 10.4. The molecule has 0 aliphatic heterocycles. The summed E-state index contributed by atoms with van der Waals surface area (Å²) in [5.41, 5.74) is 0.0336. The van der Waals surface area contributed by atoms with Crippen molar-refractivity contribution in [2.45, 2.75) is 13.8 Å². The minimum atomic E-state index is -1.24. The first-order chi connectivity index (χ1) is 8.91. The Labute approximate surface area is 108 Å². The molecule has 0 saturated carbocycles. The lowest BCUT2D eigenvalue weighted by molar-refractivity contribution is 0.103. The van der Waals surface area contributed by atoms with Gasteiger partial charge in [0.1, 0.15) is 5.82 Å². The predicted molar refractivity (Wildman–Crippen MR) is 65.7 cm³/mol. The van der Waals surface area contributed by atoms with E-state index in [0.717, 1.165) is 12.1 Å². The van der Waals surface area contributed by atoms with E-state index in [1.807, 2.05) is 0 Å². The van der Waals surface area contributed by atoms with Gasteiger partial charge in [-0.2, -0.15) is 0 Å². The molecule has 0 aromatic heterocycles. The smallest absolute Gasteiger partial charge is 0.199 e. The van der Waals surface area contributed by atoms with Gasteiger partial charge in [0.05, 0.1) is 11.1 Å². The minimum Gasteiger partial charge on any atom is -0.288 e. The van der Waals surface area contributed by atoms with Crippen LogP contribution in [-0.4, -0.2) is 5.78 Å². The van der Waals surface area contributed by atoms with E-state index in [1.54, 1.807) is 6.92 Å². The first-order valence-electron chi connectivity index (χ1n) is 5.67. The molecule has 0 saturated heterocycles. The minimum absolute atomic E-state index is 0.0961. The lowest BCUT2D eigenvalue weighted by atomic mass is 9.99. The Morgan fingerprint density at radius 3 is 2.26 bits per heavy atom. The van der Waals surface area contributed by atoms with E-state index in [1.165, 1.54) is 25.1 Å². The second-order valence-corrected chi connectivity index (χ2v) is 4.37. The number of hydrogen-bond acceptors (Lipinski definition) is 1. The number of carbonyl (C=O) groups is 1. The highest BCUT2D eigenvalue weighted by molar-refractivity contribution is 6.09. The monoisotopic (exact) mass is 264 g/mol. The first-order valence-corrected chi connectivity index (χ1v) is 5.67. The first kappa shape index (κ1) is 13.3. The topological polar surface area (TPSA) is 17.1 Å². The molecule has 98 valence electrons. The molecule has 2 aromatic rings. The van der Waals surface area contributed by atoms with Crippen molar-refractivity contribution in [2.24, 2.45) is 0 Å². The maximum atomic E-state index is 13.7. The molecule has 0 unspecified atom stereocenters. The Balaban J connectivity index is 2.56. The van der Waals surface area contributed by atoms with E-state index < -0.39 is 28.8 Å². The van der Waals surface area contributed by atoms with Crippen molar-refractivity contribution >= 4 is 5.78 Å². The van der Waals surface area contributed by atoms with E-state index >= 15 is 0 Å². The van der Waals surface area contributed by atoms with Crippen LogP contribution >= 0.6 is 0 Å². The summed E-state index contributed by atoms with van der Waals surface area (Å²) in [5.74, 6) is -3.95. The Morgan fingerprint density at radius 2 is 1.58 bits per heavy atom. The van der Waals surface area contributed by atoms with Crippen LogP contribution in [0.4, 0.5) is 13.2 Å². The van der Waals surface area contributed by atoms with Crippen LogP contribution in [0.1, 0.15) is 27.0 Å². The van der Waals surface area contributed by atoms with Gasteiger partial charge in [-0.1, -0.05) is 17.7 Å². The SMILES string of the molecule is Cc1ccc(F)c(C(=O)c2ccc(C)c(F)c2F)c1. The Morgan fingerprint density at radius 1 is 0.895 bits per heavy atom. The van der Waals surface area contributed by atoms with Crippen LogP contribution < -0.4 is 0 Å². The third-order valence-corrected chi connectivity index (χ3v) is 2.89. The predicted octanol–water partition coefficient (Wildman–Crippen LogP) is 3.95. The van der Waals surface area contributed by atoms with Gasteiger partial charge in [0.15, 0.2) is 17.4 Å². The Hall–Kier alpha value is -2.10. The summed E-state index contributed by atoms with van der Waals surface area (Å²) in [5, 5.41) is 0. The van der Waals surface area contributed by atoms with E-state index in [9.17, 15) is 18.0 Å². The third kappa shape index (κ3) is 2.38. The van der Waals surface area contributed by atoms with Crippen LogP contribution in [0.25, 0.3) is 0 Å². The van der Waals surface area contributed by atoms with Crippen molar-refractivity contribution in [1.29, 1.82) is 0 Å². The van der Waals surface area contributed by atoms with Gasteiger partial charge in [0.2, 0.25) is 0 Å². The summed E-state index contributed by atoms with van der Waals surface area (Å²) in [6, 6.07) is 6.40. The normalized spacial score (nSPS) is 10.6. The van der Waals surface area contributed by atoms with Crippen LogP contribution in [-0.2, 0) is 0 Å².